The van der Waals surface area contributed by atoms with Crippen LogP contribution in [0, 0.1) is 16.7 Å². The van der Waals surface area contributed by atoms with Crippen molar-refractivity contribution in [2.75, 3.05) is 37.0 Å². The van der Waals surface area contributed by atoms with Crippen LogP contribution in [-0.2, 0) is 14.6 Å². The number of H-pyrrole nitrogens is 1. The quantitative estimate of drug-likeness (QED) is 0.437. The maximum Gasteiger partial charge on any atom is 0.446 e. The van der Waals surface area contributed by atoms with Crippen molar-refractivity contribution in [1.82, 2.24) is 19.9 Å². The van der Waals surface area contributed by atoms with E-state index >= 15 is 0 Å². The van der Waals surface area contributed by atoms with Crippen molar-refractivity contribution in [3.8, 4) is 6.07 Å². The first-order valence-electron chi connectivity index (χ1n) is 13.5. The average Bonchev–Trinajstić information content (AvgIpc) is 3.42. The second-order valence-corrected chi connectivity index (χ2v) is 13.6. The van der Waals surface area contributed by atoms with Crippen LogP contribution in [0.3, 0.4) is 0 Å². The molecule has 1 fully saturated rings. The Morgan fingerprint density at radius 2 is 1.95 bits per heavy atom. The van der Waals surface area contributed by atoms with Gasteiger partial charge in [0, 0.05) is 24.4 Å². The Morgan fingerprint density at radius 1 is 1.29 bits per heavy atom. The Hall–Kier alpha value is -3.57. The van der Waals surface area contributed by atoms with E-state index in [1.807, 2.05) is 18.2 Å². The molecular weight excluding hydrogens is 573 g/mol. The number of carbonyl (C=O) groups is 2. The molecule has 42 heavy (non-hydrogen) atoms. The van der Waals surface area contributed by atoms with Crippen LogP contribution in [0.5, 0.6) is 0 Å². The van der Waals surface area contributed by atoms with Crippen molar-refractivity contribution in [3.05, 3.63) is 47.3 Å². The minimum absolute atomic E-state index is 0.0850. The van der Waals surface area contributed by atoms with Gasteiger partial charge in [0.1, 0.15) is 21.6 Å². The summed E-state index contributed by atoms with van der Waals surface area (Å²) in [6.45, 7) is 6.76. The molecule has 3 heterocycles. The zero-order chi connectivity index (χ0) is 31.1. The van der Waals surface area contributed by atoms with Crippen LogP contribution in [0.25, 0.3) is 5.57 Å². The molecule has 228 valence electrons. The minimum atomic E-state index is -4.64. The molecule has 0 saturated carbocycles. The number of aldehydes is 1. The van der Waals surface area contributed by atoms with Gasteiger partial charge in [-0.15, -0.1) is 0 Å². The summed E-state index contributed by atoms with van der Waals surface area (Å²) in [5.41, 5.74) is 4.04. The summed E-state index contributed by atoms with van der Waals surface area (Å²) in [7, 11) is -2.97. The lowest BCUT2D eigenvalue weighted by Gasteiger charge is -2.32. The number of aromatic nitrogens is 3. The lowest BCUT2D eigenvalue weighted by molar-refractivity contribution is -0.156. The molecule has 14 heteroatoms. The summed E-state index contributed by atoms with van der Waals surface area (Å²) in [6.07, 6.45) is 3.85. The molecule has 1 aliphatic carbocycles. The zero-order valence-corrected chi connectivity index (χ0v) is 24.6. The predicted molar refractivity (Wildman–Crippen MR) is 151 cm³/mol. The van der Waals surface area contributed by atoms with Crippen molar-refractivity contribution in [2.24, 2.45) is 5.41 Å². The van der Waals surface area contributed by atoms with E-state index < -0.39 is 28.2 Å². The number of anilines is 1. The first-order chi connectivity index (χ1) is 19.6. The largest absolute Gasteiger partial charge is 0.446 e. The first kappa shape index (κ1) is 32.9. The number of likely N-dealkylation sites (tertiary alicyclic amines) is 1. The number of imidazole rings is 1. The number of alkyl halides is 3. The summed E-state index contributed by atoms with van der Waals surface area (Å²) in [5.74, 6) is 0.140. The predicted octanol–water partition coefficient (Wildman–Crippen LogP) is 4.49. The molecule has 2 aromatic heterocycles. The van der Waals surface area contributed by atoms with E-state index in [1.165, 1.54) is 12.5 Å². The van der Waals surface area contributed by atoms with Gasteiger partial charge in [0.2, 0.25) is 6.29 Å². The van der Waals surface area contributed by atoms with Crippen molar-refractivity contribution < 1.29 is 31.2 Å². The lowest BCUT2D eigenvalue weighted by atomic mass is 9.77. The van der Waals surface area contributed by atoms with Crippen LogP contribution in [0.2, 0.25) is 0 Å². The number of rotatable bonds is 7. The van der Waals surface area contributed by atoms with Crippen LogP contribution in [0.15, 0.2) is 24.4 Å². The number of nitriles is 1. The molecule has 1 aliphatic heterocycles. The van der Waals surface area contributed by atoms with Crippen LogP contribution in [0.1, 0.15) is 79.6 Å². The van der Waals surface area contributed by atoms with Gasteiger partial charge in [-0.3, -0.25) is 14.6 Å². The number of halogens is 3. The van der Waals surface area contributed by atoms with Crippen molar-refractivity contribution >= 4 is 33.3 Å². The van der Waals surface area contributed by atoms with Crippen LogP contribution >= 0.6 is 0 Å². The van der Waals surface area contributed by atoms with E-state index in [4.69, 9.17) is 15.0 Å². The summed E-state index contributed by atoms with van der Waals surface area (Å²) in [5, 5.41) is 12.0. The number of pyridine rings is 1. The number of piperidine rings is 1. The fourth-order valence-electron chi connectivity index (χ4n) is 4.76. The van der Waals surface area contributed by atoms with Gasteiger partial charge in [-0.1, -0.05) is 19.9 Å². The van der Waals surface area contributed by atoms with Crippen molar-refractivity contribution in [1.29, 1.82) is 5.26 Å². The highest BCUT2D eigenvalue weighted by Crippen LogP contribution is 2.40. The van der Waals surface area contributed by atoms with E-state index in [9.17, 15) is 26.4 Å². The van der Waals surface area contributed by atoms with Gasteiger partial charge in [0.15, 0.2) is 5.82 Å². The van der Waals surface area contributed by atoms with Crippen LogP contribution in [0.4, 0.5) is 18.9 Å². The SMILES string of the molecule is CC1(C)CC=C(c2nc(C3CCN(CCS(C)(=O)=O)CC3)ccc2NC(=O)c2ncc(C#N)[nH]2)CC1.O=CC(F)(F)F. The molecule has 1 amide bonds. The third-order valence-corrected chi connectivity index (χ3v) is 8.19. The van der Waals surface area contributed by atoms with Crippen molar-refractivity contribution in [2.45, 2.75) is 58.0 Å². The van der Waals surface area contributed by atoms with E-state index in [2.05, 4.69) is 40.1 Å². The Kier molecular flexibility index (Phi) is 10.7. The number of aromatic amines is 1. The topological polar surface area (TPSA) is 149 Å². The van der Waals surface area contributed by atoms with Gasteiger partial charge in [0.25, 0.3) is 5.91 Å². The van der Waals surface area contributed by atoms with Crippen LogP contribution < -0.4 is 5.32 Å². The Bertz CT molecular complexity index is 1450. The fraction of sp³-hybridized carbons (Fsp3) is 0.536. The summed E-state index contributed by atoms with van der Waals surface area (Å²) in [6, 6.07) is 5.84. The monoisotopic (exact) mass is 608 g/mol. The molecule has 0 bridgehead atoms. The molecular formula is C28H35F3N6O4S. The molecule has 2 aromatic rings. The molecule has 0 unspecified atom stereocenters. The number of nitrogens with zero attached hydrogens (tertiary/aromatic N) is 4. The number of sulfone groups is 1. The maximum atomic E-state index is 12.8. The number of nitrogens with one attached hydrogen (secondary N) is 2. The average molecular weight is 609 g/mol. The number of allylic oxidation sites excluding steroid dienone is 2. The number of amides is 1. The molecule has 2 N–H and O–H groups in total. The third-order valence-electron chi connectivity index (χ3n) is 7.27. The minimum Gasteiger partial charge on any atom is -0.326 e. The Labute approximate surface area is 243 Å². The van der Waals surface area contributed by atoms with Crippen molar-refractivity contribution in [3.63, 3.8) is 0 Å². The summed E-state index contributed by atoms with van der Waals surface area (Å²) >= 11 is 0. The zero-order valence-electron chi connectivity index (χ0n) is 23.8. The van der Waals surface area contributed by atoms with Gasteiger partial charge in [-0.05, 0) is 68.3 Å². The highest BCUT2D eigenvalue weighted by atomic mass is 32.2. The molecule has 1 saturated heterocycles. The van der Waals surface area contributed by atoms with E-state index in [1.54, 1.807) is 0 Å². The first-order valence-corrected chi connectivity index (χ1v) is 15.5. The standard InChI is InChI=1S/C26H34N6O3S.C2HF3O/c1-26(2)10-6-19(7-11-26)23-22(31-25(33)24-28-17-20(16-27)29-24)5-4-21(30-23)18-8-12-32(13-9-18)14-15-36(3,34)35;3-2(4,5)1-6/h4-6,17-18H,7-15H2,1-3H3,(H,28,29)(H,31,33);1H. The number of carbonyl (C=O) groups excluding carboxylic acids is 2. The summed E-state index contributed by atoms with van der Waals surface area (Å²) in [4.78, 5) is 35.5. The number of hydrogen-bond acceptors (Lipinski definition) is 8. The Morgan fingerprint density at radius 3 is 2.48 bits per heavy atom. The van der Waals surface area contributed by atoms with Crippen LogP contribution in [-0.4, -0.2) is 78.3 Å². The molecule has 4 rings (SSSR count). The smallest absolute Gasteiger partial charge is 0.326 e. The molecule has 0 spiro atoms. The second kappa shape index (κ2) is 13.6. The van der Waals surface area contributed by atoms with Gasteiger partial charge in [-0.2, -0.15) is 18.4 Å². The molecule has 2 aliphatic rings. The van der Waals surface area contributed by atoms with Gasteiger partial charge in [-0.25, -0.2) is 13.4 Å². The molecule has 0 atom stereocenters. The van der Waals surface area contributed by atoms with E-state index in [0.717, 1.165) is 62.2 Å². The van der Waals surface area contributed by atoms with Gasteiger partial charge < -0.3 is 15.2 Å². The molecule has 0 radical (unpaired) electrons. The van der Waals surface area contributed by atoms with E-state index in [-0.39, 0.29) is 28.6 Å². The lowest BCUT2D eigenvalue weighted by Crippen LogP contribution is -2.36. The molecule has 0 aromatic carbocycles. The third kappa shape index (κ3) is 10.1. The highest BCUT2D eigenvalue weighted by molar-refractivity contribution is 7.90. The number of hydrogen-bond donors (Lipinski definition) is 2. The van der Waals surface area contributed by atoms with Gasteiger partial charge >= 0.3 is 6.18 Å². The normalized spacial score (nSPS) is 17.8. The Balaban J connectivity index is 0.000000730. The van der Waals surface area contributed by atoms with E-state index in [0.29, 0.717) is 12.2 Å². The second-order valence-electron chi connectivity index (χ2n) is 11.3. The highest BCUT2D eigenvalue weighted by Gasteiger charge is 2.27. The molecule has 10 nitrogen and oxygen atoms in total. The maximum absolute atomic E-state index is 12.8. The fourth-order valence-corrected chi connectivity index (χ4v) is 5.35. The summed E-state index contributed by atoms with van der Waals surface area (Å²) < 4.78 is 54.3. The van der Waals surface area contributed by atoms with Gasteiger partial charge in [0.05, 0.1) is 23.3 Å².